The van der Waals surface area contributed by atoms with Gasteiger partial charge in [-0.25, -0.2) is 0 Å². The number of carbonyl (C=O) groups is 1. The van der Waals surface area contributed by atoms with Gasteiger partial charge in [-0.2, -0.15) is 0 Å². The van der Waals surface area contributed by atoms with Gasteiger partial charge in [0.2, 0.25) is 5.91 Å². The summed E-state index contributed by atoms with van der Waals surface area (Å²) < 4.78 is 0.353. The van der Waals surface area contributed by atoms with E-state index in [1.54, 1.807) is 0 Å². The van der Waals surface area contributed by atoms with E-state index in [1.807, 2.05) is 32.0 Å². The number of aryl methyl sites for hydroxylation is 2. The number of hydrogen-bond donors (Lipinski definition) is 1. The van der Waals surface area contributed by atoms with Crippen molar-refractivity contribution in [3.63, 3.8) is 0 Å². The van der Waals surface area contributed by atoms with E-state index < -0.39 is 0 Å². The van der Waals surface area contributed by atoms with Crippen LogP contribution in [0.2, 0.25) is 0 Å². The van der Waals surface area contributed by atoms with Crippen LogP contribution in [0.25, 0.3) is 0 Å². The normalized spacial score (nSPS) is 10.7. The van der Waals surface area contributed by atoms with Gasteiger partial charge in [0.25, 0.3) is 0 Å². The van der Waals surface area contributed by atoms with Crippen LogP contribution in [0, 0.1) is 13.8 Å². The van der Waals surface area contributed by atoms with Crippen molar-refractivity contribution in [1.82, 2.24) is 0 Å². The van der Waals surface area contributed by atoms with Crippen LogP contribution in [-0.4, -0.2) is 9.64 Å². The number of hydrogen-bond acceptors (Lipinski definition) is 1. The maximum Gasteiger partial charge on any atom is 0.224 e. The van der Waals surface area contributed by atoms with Gasteiger partial charge in [0.05, 0.1) is 3.74 Å². The van der Waals surface area contributed by atoms with Gasteiger partial charge in [-0.1, -0.05) is 56.5 Å². The molecule has 0 aliphatic heterocycles. The predicted molar refractivity (Wildman–Crippen MR) is 84.7 cm³/mol. The number of anilines is 1. The first kappa shape index (κ1) is 15.7. The molecule has 0 aliphatic rings. The van der Waals surface area contributed by atoms with Crippen LogP contribution in [0.4, 0.5) is 5.69 Å². The fourth-order valence-electron chi connectivity index (χ4n) is 1.80. The van der Waals surface area contributed by atoms with E-state index in [9.17, 15) is 4.79 Å². The zero-order valence-corrected chi connectivity index (χ0v) is 14.0. The Kier molecular flexibility index (Phi) is 6.94. The monoisotopic (exact) mass is 375 g/mol. The molecule has 100 valence electrons. The molecule has 0 aromatic heterocycles. The van der Waals surface area contributed by atoms with Crippen molar-refractivity contribution < 1.29 is 4.79 Å². The fourth-order valence-corrected chi connectivity index (χ4v) is 2.45. The van der Waals surface area contributed by atoms with Crippen molar-refractivity contribution in [3.8, 4) is 0 Å². The van der Waals surface area contributed by atoms with Crippen LogP contribution in [-0.2, 0) is 4.79 Å². The topological polar surface area (TPSA) is 29.1 Å². The Balaban J connectivity index is 2.40. The Morgan fingerprint density at radius 1 is 1.22 bits per heavy atom. The maximum absolute atomic E-state index is 11.8. The molecule has 0 radical (unpaired) electrons. The number of amides is 1. The number of nitrogens with one attached hydrogen (secondary N) is 1. The third-order valence-electron chi connectivity index (χ3n) is 2.82. The van der Waals surface area contributed by atoms with Gasteiger partial charge in [0, 0.05) is 12.1 Å². The third-order valence-corrected chi connectivity index (χ3v) is 3.74. The molecular weight excluding hydrogens is 358 g/mol. The average Bonchev–Trinajstić information content (AvgIpc) is 2.29. The third kappa shape index (κ3) is 5.53. The number of carbonyl (C=O) groups excluding carboxylic acids is 1. The summed E-state index contributed by atoms with van der Waals surface area (Å²) in [4.78, 5) is 11.8. The van der Waals surface area contributed by atoms with E-state index in [1.165, 1.54) is 0 Å². The smallest absolute Gasteiger partial charge is 0.224 e. The first-order valence-electron chi connectivity index (χ1n) is 6.15. The number of unbranched alkanes of at least 4 members (excludes halogenated alkanes) is 1. The molecule has 0 bridgehead atoms. The zero-order valence-electron chi connectivity index (χ0n) is 10.8. The van der Waals surface area contributed by atoms with Crippen LogP contribution < -0.4 is 5.32 Å². The van der Waals surface area contributed by atoms with Gasteiger partial charge >= 0.3 is 0 Å². The summed E-state index contributed by atoms with van der Waals surface area (Å²) >= 11 is 6.86. The Labute approximate surface area is 126 Å². The van der Waals surface area contributed by atoms with E-state index in [4.69, 9.17) is 0 Å². The highest BCUT2D eigenvalue weighted by Gasteiger charge is 2.07. The van der Waals surface area contributed by atoms with E-state index >= 15 is 0 Å². The highest BCUT2D eigenvalue weighted by molar-refractivity contribution is 9.24. The van der Waals surface area contributed by atoms with Gasteiger partial charge < -0.3 is 5.32 Å². The Bertz CT molecular complexity index is 385. The van der Waals surface area contributed by atoms with Crippen LogP contribution in [0.1, 0.15) is 36.8 Å². The van der Waals surface area contributed by atoms with Gasteiger partial charge in [-0.15, -0.1) is 0 Å². The standard InChI is InChI=1S/C14H19Br2NO/c1-10-6-5-7-11(2)14(10)17-13(18)9-4-3-8-12(15)16/h5-7,12H,3-4,8-9H2,1-2H3,(H,17,18). The second-order valence-corrected chi connectivity index (χ2v) is 7.89. The molecule has 1 rings (SSSR count). The second-order valence-electron chi connectivity index (χ2n) is 4.45. The van der Waals surface area contributed by atoms with Crippen molar-refractivity contribution in [1.29, 1.82) is 0 Å². The second kappa shape index (κ2) is 7.95. The van der Waals surface area contributed by atoms with Crippen LogP contribution in [0.5, 0.6) is 0 Å². The summed E-state index contributed by atoms with van der Waals surface area (Å²) in [5.74, 6) is 0.105. The summed E-state index contributed by atoms with van der Waals surface area (Å²) in [7, 11) is 0. The van der Waals surface area contributed by atoms with Crippen LogP contribution in [0.15, 0.2) is 18.2 Å². The molecule has 4 heteroatoms. The minimum Gasteiger partial charge on any atom is -0.326 e. The molecule has 0 atom stereocenters. The van der Waals surface area contributed by atoms with Crippen molar-refractivity contribution in [3.05, 3.63) is 29.3 Å². The molecule has 0 unspecified atom stereocenters. The Morgan fingerprint density at radius 3 is 2.39 bits per heavy atom. The summed E-state index contributed by atoms with van der Waals surface area (Å²) in [6, 6.07) is 6.04. The molecule has 1 amide bonds. The number of alkyl halides is 2. The molecule has 1 aromatic carbocycles. The predicted octanol–water partition coefficient (Wildman–Crippen LogP) is 4.92. The molecule has 1 aromatic rings. The molecule has 0 aliphatic carbocycles. The molecule has 0 heterocycles. The minimum absolute atomic E-state index is 0.105. The molecule has 18 heavy (non-hydrogen) atoms. The molecule has 2 nitrogen and oxygen atoms in total. The summed E-state index contributed by atoms with van der Waals surface area (Å²) in [6.45, 7) is 4.03. The van der Waals surface area contributed by atoms with E-state index in [2.05, 4.69) is 37.2 Å². The SMILES string of the molecule is Cc1cccc(C)c1NC(=O)CCCCC(Br)Br. The van der Waals surface area contributed by atoms with Crippen LogP contribution >= 0.6 is 31.9 Å². The Morgan fingerprint density at radius 2 is 1.83 bits per heavy atom. The maximum atomic E-state index is 11.8. The Hall–Kier alpha value is -0.350. The van der Waals surface area contributed by atoms with Gasteiger partial charge in [0.15, 0.2) is 0 Å². The average molecular weight is 377 g/mol. The molecule has 0 spiro atoms. The van der Waals surface area contributed by atoms with Gasteiger partial charge in [-0.3, -0.25) is 4.79 Å². The lowest BCUT2D eigenvalue weighted by Gasteiger charge is -2.11. The van der Waals surface area contributed by atoms with E-state index in [0.29, 0.717) is 10.2 Å². The van der Waals surface area contributed by atoms with Gasteiger partial charge in [0.1, 0.15) is 0 Å². The number of para-hydroxylation sites is 1. The fraction of sp³-hybridized carbons (Fsp3) is 0.500. The quantitative estimate of drug-likeness (QED) is 0.554. The first-order valence-corrected chi connectivity index (χ1v) is 7.98. The van der Waals surface area contributed by atoms with Crippen molar-refractivity contribution in [2.75, 3.05) is 5.32 Å². The zero-order chi connectivity index (χ0) is 13.5. The molecular formula is C14H19Br2NO. The summed E-state index contributed by atoms with van der Waals surface area (Å²) in [5, 5.41) is 3.00. The van der Waals surface area contributed by atoms with Gasteiger partial charge in [-0.05, 0) is 37.8 Å². The lowest BCUT2D eigenvalue weighted by molar-refractivity contribution is -0.116. The summed E-state index contributed by atoms with van der Waals surface area (Å²) in [5.41, 5.74) is 3.19. The van der Waals surface area contributed by atoms with E-state index in [0.717, 1.165) is 36.1 Å². The first-order chi connectivity index (χ1) is 8.50. The molecule has 0 fully saturated rings. The molecule has 1 N–H and O–H groups in total. The molecule has 0 saturated carbocycles. The minimum atomic E-state index is 0.105. The van der Waals surface area contributed by atoms with Crippen molar-refractivity contribution in [2.45, 2.75) is 43.3 Å². The number of halogens is 2. The summed E-state index contributed by atoms with van der Waals surface area (Å²) in [6.07, 6.45) is 3.59. The highest BCUT2D eigenvalue weighted by atomic mass is 79.9. The van der Waals surface area contributed by atoms with Crippen LogP contribution in [0.3, 0.4) is 0 Å². The lowest BCUT2D eigenvalue weighted by atomic mass is 10.1. The lowest BCUT2D eigenvalue weighted by Crippen LogP contribution is -2.13. The molecule has 0 saturated heterocycles. The number of rotatable bonds is 6. The highest BCUT2D eigenvalue weighted by Crippen LogP contribution is 2.20. The van der Waals surface area contributed by atoms with Crippen molar-refractivity contribution >= 4 is 43.5 Å². The largest absolute Gasteiger partial charge is 0.326 e. The van der Waals surface area contributed by atoms with E-state index in [-0.39, 0.29) is 5.91 Å². The van der Waals surface area contributed by atoms with Crippen molar-refractivity contribution in [2.24, 2.45) is 0 Å². The number of benzene rings is 1.